The Bertz CT molecular complexity index is 786. The third-order valence-electron chi connectivity index (χ3n) is 4.08. The van der Waals surface area contributed by atoms with Gasteiger partial charge in [-0.1, -0.05) is 12.2 Å². The lowest BCUT2D eigenvalue weighted by Crippen LogP contribution is -2.13. The van der Waals surface area contributed by atoms with Crippen molar-refractivity contribution >= 4 is 25.5 Å². The molecule has 0 saturated heterocycles. The fourth-order valence-electron chi connectivity index (χ4n) is 2.76. The van der Waals surface area contributed by atoms with Gasteiger partial charge in [0.1, 0.15) is 19.3 Å². The molecule has 5 nitrogen and oxygen atoms in total. The molecule has 0 spiro atoms. The van der Waals surface area contributed by atoms with Crippen molar-refractivity contribution in [2.75, 3.05) is 35.0 Å². The first-order valence-corrected chi connectivity index (χ1v) is 8.38. The average Bonchev–Trinajstić information content (AvgIpc) is 2.67. The molecule has 0 aliphatic heterocycles. The summed E-state index contributed by atoms with van der Waals surface area (Å²) in [7, 11) is 8.45. The second-order valence-corrected chi connectivity index (χ2v) is 5.53. The van der Waals surface area contributed by atoms with Crippen molar-refractivity contribution in [3.8, 4) is 28.7 Å². The van der Waals surface area contributed by atoms with Crippen molar-refractivity contribution in [3.05, 3.63) is 35.4 Å². The third-order valence-corrected chi connectivity index (χ3v) is 4.08. The van der Waals surface area contributed by atoms with Crippen LogP contribution in [0.5, 0.6) is 28.7 Å². The Balaban J connectivity index is 2.45. The Kier molecular flexibility index (Phi) is 6.84. The summed E-state index contributed by atoms with van der Waals surface area (Å²) in [6.45, 7) is 2.57. The molecule has 0 radical (unpaired) electrons. The number of hydrogen-bond donors (Lipinski definition) is 0. The van der Waals surface area contributed by atoms with Gasteiger partial charge in [-0.25, -0.2) is 0 Å². The van der Waals surface area contributed by atoms with Crippen molar-refractivity contribution in [1.82, 2.24) is 0 Å². The van der Waals surface area contributed by atoms with Crippen molar-refractivity contribution in [2.24, 2.45) is 0 Å². The van der Waals surface area contributed by atoms with Crippen LogP contribution in [0, 0.1) is 0 Å². The van der Waals surface area contributed by atoms with Gasteiger partial charge in [0.05, 0.1) is 35.0 Å². The van der Waals surface area contributed by atoms with E-state index in [-0.39, 0.29) is 0 Å². The number of ether oxygens (including phenoxy) is 5. The molecule has 0 aliphatic carbocycles. The highest BCUT2D eigenvalue weighted by molar-refractivity contribution is 6.37. The van der Waals surface area contributed by atoms with E-state index in [0.717, 1.165) is 28.1 Å². The first kappa shape index (κ1) is 19.6. The van der Waals surface area contributed by atoms with E-state index in [9.17, 15) is 0 Å². The minimum Gasteiger partial charge on any atom is -0.496 e. The van der Waals surface area contributed by atoms with E-state index in [1.165, 1.54) is 0 Å². The summed E-state index contributed by atoms with van der Waals surface area (Å²) >= 11 is 0. The van der Waals surface area contributed by atoms with Crippen molar-refractivity contribution < 1.29 is 23.7 Å². The van der Waals surface area contributed by atoms with Gasteiger partial charge in [0, 0.05) is 11.6 Å². The van der Waals surface area contributed by atoms with Gasteiger partial charge >= 0.3 is 0 Å². The van der Waals surface area contributed by atoms with Gasteiger partial charge in [0.15, 0.2) is 11.5 Å². The molecular weight excluding hydrogens is 331 g/mol. The Hall–Kier alpha value is -2.76. The van der Waals surface area contributed by atoms with Gasteiger partial charge in [-0.05, 0) is 36.1 Å². The quantitative estimate of drug-likeness (QED) is 0.537. The molecule has 0 N–H and O–H groups in total. The molecule has 138 valence electrons. The van der Waals surface area contributed by atoms with Gasteiger partial charge in [0.2, 0.25) is 5.75 Å². The number of rotatable bonds is 8. The maximum absolute atomic E-state index is 5.52. The van der Waals surface area contributed by atoms with Crippen LogP contribution in [0.25, 0.3) is 12.2 Å². The molecule has 0 heterocycles. The summed E-state index contributed by atoms with van der Waals surface area (Å²) < 4.78 is 27.4. The van der Waals surface area contributed by atoms with Crippen LogP contribution in [0.1, 0.15) is 18.1 Å². The lowest BCUT2D eigenvalue weighted by molar-refractivity contribution is 0.326. The standard InChI is InChI=1S/C20H25BO5/c1-6-26-15-10-9-13(16(12-15)22-2)7-8-14-11-17(23-3)19(24-4)20(25-5)18(14)21/h7-12H,6,21H2,1-5H3/b8-7+. The number of methoxy groups -OCH3 is 4. The molecule has 2 aromatic rings. The van der Waals surface area contributed by atoms with Crippen LogP contribution in [0.2, 0.25) is 0 Å². The van der Waals surface area contributed by atoms with Gasteiger partial charge in [0.25, 0.3) is 0 Å². The zero-order valence-corrected chi connectivity index (χ0v) is 16.2. The van der Waals surface area contributed by atoms with Crippen LogP contribution in [0.4, 0.5) is 0 Å². The maximum Gasteiger partial charge on any atom is 0.202 e. The Labute approximate surface area is 155 Å². The van der Waals surface area contributed by atoms with E-state index in [4.69, 9.17) is 23.7 Å². The molecule has 2 aromatic carbocycles. The van der Waals surface area contributed by atoms with Crippen molar-refractivity contribution in [2.45, 2.75) is 6.92 Å². The van der Waals surface area contributed by atoms with Gasteiger partial charge < -0.3 is 23.7 Å². The molecular formula is C20H25BO5. The molecule has 2 rings (SSSR count). The fourth-order valence-corrected chi connectivity index (χ4v) is 2.76. The van der Waals surface area contributed by atoms with Crippen LogP contribution in [-0.4, -0.2) is 42.9 Å². The molecule has 0 unspecified atom stereocenters. The first-order valence-electron chi connectivity index (χ1n) is 8.38. The summed E-state index contributed by atoms with van der Waals surface area (Å²) in [5.41, 5.74) is 2.88. The minimum atomic E-state index is 0.586. The highest BCUT2D eigenvalue weighted by Gasteiger charge is 2.16. The Morgan fingerprint density at radius 2 is 1.46 bits per heavy atom. The molecule has 26 heavy (non-hydrogen) atoms. The van der Waals surface area contributed by atoms with Crippen LogP contribution < -0.4 is 29.1 Å². The van der Waals surface area contributed by atoms with E-state index < -0.39 is 0 Å². The van der Waals surface area contributed by atoms with Crippen LogP contribution in [-0.2, 0) is 0 Å². The smallest absolute Gasteiger partial charge is 0.202 e. The van der Waals surface area contributed by atoms with E-state index in [1.807, 2.05) is 51.2 Å². The summed E-state index contributed by atoms with van der Waals surface area (Å²) in [5.74, 6) is 3.39. The van der Waals surface area contributed by atoms with Gasteiger partial charge in [-0.2, -0.15) is 0 Å². The topological polar surface area (TPSA) is 46.2 Å². The van der Waals surface area contributed by atoms with E-state index >= 15 is 0 Å². The summed E-state index contributed by atoms with van der Waals surface area (Å²) in [5, 5.41) is 0. The highest BCUT2D eigenvalue weighted by atomic mass is 16.5. The second-order valence-electron chi connectivity index (χ2n) is 5.53. The zero-order valence-electron chi connectivity index (χ0n) is 16.2. The van der Waals surface area contributed by atoms with Crippen molar-refractivity contribution in [3.63, 3.8) is 0 Å². The fraction of sp³-hybridized carbons (Fsp3) is 0.300. The normalized spacial score (nSPS) is 10.7. The predicted octanol–water partition coefficient (Wildman–Crippen LogP) is 2.55. The molecule has 0 atom stereocenters. The molecule has 0 aliphatic rings. The van der Waals surface area contributed by atoms with Crippen molar-refractivity contribution in [1.29, 1.82) is 0 Å². The van der Waals surface area contributed by atoms with E-state index in [2.05, 4.69) is 0 Å². The van der Waals surface area contributed by atoms with Crippen LogP contribution in [0.3, 0.4) is 0 Å². The lowest BCUT2D eigenvalue weighted by Gasteiger charge is -2.16. The zero-order chi connectivity index (χ0) is 19.1. The number of benzene rings is 2. The largest absolute Gasteiger partial charge is 0.496 e. The third kappa shape index (κ3) is 4.07. The number of hydrogen-bond acceptors (Lipinski definition) is 5. The molecule has 0 fully saturated rings. The van der Waals surface area contributed by atoms with Crippen LogP contribution in [0.15, 0.2) is 24.3 Å². The SMILES string of the molecule is Bc1c(/C=C/c2ccc(OCC)cc2OC)cc(OC)c(OC)c1OC. The molecule has 0 aromatic heterocycles. The Morgan fingerprint density at radius 3 is 2.04 bits per heavy atom. The maximum atomic E-state index is 5.52. The van der Waals surface area contributed by atoms with Gasteiger partial charge in [-0.3, -0.25) is 0 Å². The molecule has 0 saturated carbocycles. The monoisotopic (exact) mass is 356 g/mol. The highest BCUT2D eigenvalue weighted by Crippen LogP contribution is 2.37. The first-order chi connectivity index (χ1) is 12.6. The molecule has 0 bridgehead atoms. The predicted molar refractivity (Wildman–Crippen MR) is 107 cm³/mol. The second kappa shape index (κ2) is 9.08. The minimum absolute atomic E-state index is 0.586. The lowest BCUT2D eigenvalue weighted by atomic mass is 9.88. The summed E-state index contributed by atoms with van der Waals surface area (Å²) in [6, 6.07) is 7.70. The van der Waals surface area contributed by atoms with E-state index in [0.29, 0.717) is 23.9 Å². The molecule has 6 heteroatoms. The Morgan fingerprint density at radius 1 is 0.808 bits per heavy atom. The summed E-state index contributed by atoms with van der Waals surface area (Å²) in [6.07, 6.45) is 3.99. The molecule has 0 amide bonds. The average molecular weight is 356 g/mol. The van der Waals surface area contributed by atoms with Crippen LogP contribution >= 0.6 is 0 Å². The van der Waals surface area contributed by atoms with E-state index in [1.54, 1.807) is 28.4 Å². The summed E-state index contributed by atoms with van der Waals surface area (Å²) in [4.78, 5) is 0. The van der Waals surface area contributed by atoms with Gasteiger partial charge in [-0.15, -0.1) is 0 Å².